The Labute approximate surface area is 124 Å². The predicted molar refractivity (Wildman–Crippen MR) is 97.9 cm³/mol. The van der Waals surface area contributed by atoms with Crippen LogP contribution < -0.4 is 0 Å². The Bertz CT molecular complexity index is 317. The molecule has 0 nitrogen and oxygen atoms in total. The summed E-state index contributed by atoms with van der Waals surface area (Å²) in [5.74, 6) is 0. The first-order chi connectivity index (χ1) is 9.24. The van der Waals surface area contributed by atoms with E-state index in [2.05, 4.69) is 66.4 Å². The third kappa shape index (κ3) is 13.4. The zero-order chi connectivity index (χ0) is 15.7. The normalized spacial score (nSPS) is 8.58. The lowest BCUT2D eigenvalue weighted by atomic mass is 10.0. The quantitative estimate of drug-likeness (QED) is 0.423. The maximum atomic E-state index is 2.42. The fourth-order valence-electron chi connectivity index (χ4n) is 1.27. The van der Waals surface area contributed by atoms with E-state index in [0.29, 0.717) is 0 Å². The molecule has 0 heterocycles. The lowest BCUT2D eigenvalue weighted by molar-refractivity contribution is 1.39. The molecule has 0 saturated carbocycles. The van der Waals surface area contributed by atoms with Crippen molar-refractivity contribution >= 4 is 14.8 Å². The summed E-state index contributed by atoms with van der Waals surface area (Å²) >= 11 is 0. The van der Waals surface area contributed by atoms with E-state index in [4.69, 9.17) is 0 Å². The van der Waals surface area contributed by atoms with Gasteiger partial charge in [-0.15, -0.1) is 9.24 Å². The Morgan fingerprint density at radius 1 is 0.895 bits per heavy atom. The molecule has 0 saturated heterocycles. The van der Waals surface area contributed by atoms with Crippen LogP contribution in [0.3, 0.4) is 0 Å². The molecule has 0 aromatic heterocycles. The Morgan fingerprint density at radius 3 is 1.63 bits per heavy atom. The molecule has 0 aliphatic carbocycles. The monoisotopic (exact) mass is 280 g/mol. The highest BCUT2D eigenvalue weighted by atomic mass is 31.0. The van der Waals surface area contributed by atoms with Crippen LogP contribution in [-0.4, -0.2) is 6.66 Å². The van der Waals surface area contributed by atoms with Crippen LogP contribution in [0, 0.1) is 0 Å². The minimum absolute atomic E-state index is 1.28. The van der Waals surface area contributed by atoms with Gasteiger partial charge in [-0.1, -0.05) is 82.4 Å². The van der Waals surface area contributed by atoms with Gasteiger partial charge in [0.1, 0.15) is 0 Å². The molecule has 0 radical (unpaired) electrons. The lowest BCUT2D eigenvalue weighted by Gasteiger charge is -2.01. The van der Waals surface area contributed by atoms with Gasteiger partial charge in [0.05, 0.1) is 0 Å². The summed E-state index contributed by atoms with van der Waals surface area (Å²) in [7, 11) is 2.42. The summed E-state index contributed by atoms with van der Waals surface area (Å²) in [6.07, 6.45) is 4.34. The van der Waals surface area contributed by atoms with Crippen LogP contribution in [0.25, 0.3) is 5.57 Å². The van der Waals surface area contributed by atoms with Crippen molar-refractivity contribution in [3.8, 4) is 0 Å². The van der Waals surface area contributed by atoms with E-state index in [1.807, 2.05) is 40.4 Å². The molecule has 1 aromatic carbocycles. The molecule has 1 atom stereocenters. The van der Waals surface area contributed by atoms with Crippen LogP contribution in [0.4, 0.5) is 0 Å². The van der Waals surface area contributed by atoms with Gasteiger partial charge in [-0.3, -0.25) is 0 Å². The van der Waals surface area contributed by atoms with Gasteiger partial charge in [0.15, 0.2) is 0 Å². The maximum Gasteiger partial charge on any atom is -0.0187 e. The van der Waals surface area contributed by atoms with Crippen LogP contribution in [0.15, 0.2) is 48.1 Å². The third-order valence-electron chi connectivity index (χ3n) is 1.86. The molecule has 0 N–H and O–H groups in total. The molecule has 1 aromatic rings. The molecule has 1 heteroatoms. The average Bonchev–Trinajstić information content (AvgIpc) is 2.51. The molecule has 0 aliphatic rings. The topological polar surface area (TPSA) is 0 Å². The average molecular weight is 280 g/mol. The van der Waals surface area contributed by atoms with Crippen LogP contribution in [0.5, 0.6) is 0 Å². The van der Waals surface area contributed by atoms with Crippen LogP contribution in [-0.2, 0) is 0 Å². The van der Waals surface area contributed by atoms with Gasteiger partial charge in [0, 0.05) is 0 Å². The first kappa shape index (κ1) is 23.2. The number of hydrogen-bond acceptors (Lipinski definition) is 0. The molecule has 0 aliphatic heterocycles. The van der Waals surface area contributed by atoms with Crippen molar-refractivity contribution in [1.29, 1.82) is 0 Å². The number of benzene rings is 1. The van der Waals surface area contributed by atoms with Gasteiger partial charge >= 0.3 is 0 Å². The van der Waals surface area contributed by atoms with Gasteiger partial charge in [0.2, 0.25) is 0 Å². The zero-order valence-electron chi connectivity index (χ0n) is 14.1. The van der Waals surface area contributed by atoms with E-state index in [0.717, 1.165) is 0 Å². The molecule has 0 fully saturated rings. The summed E-state index contributed by atoms with van der Waals surface area (Å²) in [6, 6.07) is 10.4. The number of rotatable bonds is 2. The highest BCUT2D eigenvalue weighted by molar-refractivity contribution is 7.15. The van der Waals surface area contributed by atoms with Crippen molar-refractivity contribution in [1.82, 2.24) is 0 Å². The van der Waals surface area contributed by atoms with Gasteiger partial charge < -0.3 is 0 Å². The van der Waals surface area contributed by atoms with Crippen molar-refractivity contribution in [3.05, 3.63) is 53.6 Å². The van der Waals surface area contributed by atoms with Crippen molar-refractivity contribution in [2.75, 3.05) is 6.66 Å². The minimum Gasteiger partial charge on any atom is -0.141 e. The second-order valence-corrected chi connectivity index (χ2v) is 3.33. The highest BCUT2D eigenvalue weighted by Crippen LogP contribution is 2.16. The summed E-state index contributed by atoms with van der Waals surface area (Å²) in [4.78, 5) is 0. The van der Waals surface area contributed by atoms with Gasteiger partial charge in [-0.2, -0.15) is 0 Å². The van der Waals surface area contributed by atoms with Crippen molar-refractivity contribution in [3.63, 3.8) is 0 Å². The molecule has 0 spiro atoms. The first-order valence-electron chi connectivity index (χ1n) is 7.18. The van der Waals surface area contributed by atoms with E-state index in [9.17, 15) is 0 Å². The predicted octanol–water partition coefficient (Wildman–Crippen LogP) is 6.60. The number of allylic oxidation sites excluding steroid dienone is 4. The highest BCUT2D eigenvalue weighted by Gasteiger charge is 1.94. The summed E-state index contributed by atoms with van der Waals surface area (Å²) < 4.78 is 0. The molecule has 19 heavy (non-hydrogen) atoms. The molecular formula is C18H33P. The van der Waals surface area contributed by atoms with E-state index in [1.54, 1.807) is 0 Å². The molecule has 0 amide bonds. The van der Waals surface area contributed by atoms with Crippen molar-refractivity contribution < 1.29 is 0 Å². The van der Waals surface area contributed by atoms with Crippen LogP contribution in [0.1, 0.15) is 54.0 Å². The van der Waals surface area contributed by atoms with Crippen LogP contribution >= 0.6 is 9.24 Å². The smallest absolute Gasteiger partial charge is 0.0187 e. The van der Waals surface area contributed by atoms with E-state index < -0.39 is 0 Å². The van der Waals surface area contributed by atoms with Gasteiger partial charge in [0.25, 0.3) is 0 Å². The van der Waals surface area contributed by atoms with Crippen LogP contribution in [0.2, 0.25) is 0 Å². The molecule has 1 rings (SSSR count). The third-order valence-corrected chi connectivity index (χ3v) is 1.86. The summed E-state index contributed by atoms with van der Waals surface area (Å²) in [5.41, 5.74) is 3.91. The second kappa shape index (κ2) is 19.5. The minimum atomic E-state index is 1.28. The fourth-order valence-corrected chi connectivity index (χ4v) is 1.27. The van der Waals surface area contributed by atoms with Gasteiger partial charge in [-0.05, 0) is 31.9 Å². The van der Waals surface area contributed by atoms with Crippen molar-refractivity contribution in [2.45, 2.75) is 48.5 Å². The zero-order valence-corrected chi connectivity index (χ0v) is 15.3. The molecule has 1 unspecified atom stereocenters. The first-order valence-corrected chi connectivity index (χ1v) is 8.34. The SMILES string of the molecule is C/C=C(\C=C(C)C)c1ccccc1.CC.CC.CP. The maximum absolute atomic E-state index is 2.42. The standard InChI is InChI=1S/C13H16.2C2H6.CH5P/c1-4-12(10-11(2)3)13-8-6-5-7-9-13;3*1-2/h4-10H,1-3H3;2*1-2H3;2H2,1H3/b12-4+;;;. The van der Waals surface area contributed by atoms with E-state index in [-0.39, 0.29) is 0 Å². The second-order valence-electron chi connectivity index (χ2n) is 3.33. The number of hydrogen-bond donors (Lipinski definition) is 0. The summed E-state index contributed by atoms with van der Waals surface area (Å²) in [6.45, 7) is 16.2. The molecule has 110 valence electrons. The molecular weight excluding hydrogens is 247 g/mol. The Kier molecular flexibility index (Phi) is 23.8. The fraction of sp³-hybridized carbons (Fsp3) is 0.444. The Morgan fingerprint density at radius 2 is 1.32 bits per heavy atom. The Balaban J connectivity index is -0.000000375. The van der Waals surface area contributed by atoms with E-state index in [1.165, 1.54) is 16.7 Å². The summed E-state index contributed by atoms with van der Waals surface area (Å²) in [5, 5.41) is 0. The van der Waals surface area contributed by atoms with Crippen molar-refractivity contribution in [2.24, 2.45) is 0 Å². The van der Waals surface area contributed by atoms with E-state index >= 15 is 0 Å². The van der Waals surface area contributed by atoms with Gasteiger partial charge in [-0.25, -0.2) is 0 Å². The molecule has 0 bridgehead atoms. The Hall–Kier alpha value is -0.870. The lowest BCUT2D eigenvalue weighted by Crippen LogP contribution is -1.79. The largest absolute Gasteiger partial charge is 0.141 e.